The van der Waals surface area contributed by atoms with Crippen LogP contribution < -0.4 is 15.0 Å². The molecule has 0 aliphatic carbocycles. The summed E-state index contributed by atoms with van der Waals surface area (Å²) in [4.78, 5) is 2.48. The minimum absolute atomic E-state index is 0.278. The molecule has 2 rings (SSSR count). The quantitative estimate of drug-likeness (QED) is 0.916. The van der Waals surface area contributed by atoms with E-state index in [1.807, 2.05) is 13.0 Å². The summed E-state index contributed by atoms with van der Waals surface area (Å²) >= 11 is 0. The molecule has 1 atom stereocenters. The summed E-state index contributed by atoms with van der Waals surface area (Å²) in [5.74, 6) is 0.967. The van der Waals surface area contributed by atoms with Crippen molar-refractivity contribution in [1.82, 2.24) is 5.32 Å². The molecule has 3 heteroatoms. The van der Waals surface area contributed by atoms with E-state index < -0.39 is 0 Å². The maximum absolute atomic E-state index is 5.62. The molecule has 1 heterocycles. The molecular weight excluding hydrogens is 248 g/mol. The first-order valence-corrected chi connectivity index (χ1v) is 7.72. The number of nitrogens with one attached hydrogen (secondary N) is 1. The van der Waals surface area contributed by atoms with E-state index in [0.29, 0.717) is 6.04 Å². The third-order valence-corrected chi connectivity index (χ3v) is 3.94. The van der Waals surface area contributed by atoms with Gasteiger partial charge in [0.1, 0.15) is 5.75 Å². The first-order valence-electron chi connectivity index (χ1n) is 7.72. The van der Waals surface area contributed by atoms with Crippen LogP contribution in [0.2, 0.25) is 0 Å². The number of benzene rings is 1. The van der Waals surface area contributed by atoms with Gasteiger partial charge in [-0.05, 0) is 37.4 Å². The number of ether oxygens (including phenoxy) is 1. The van der Waals surface area contributed by atoms with Crippen molar-refractivity contribution in [3.05, 3.63) is 24.3 Å². The summed E-state index contributed by atoms with van der Waals surface area (Å²) < 4.78 is 5.62. The summed E-state index contributed by atoms with van der Waals surface area (Å²) in [6, 6.07) is 8.98. The lowest BCUT2D eigenvalue weighted by molar-refractivity contribution is 0.280. The second kappa shape index (κ2) is 6.49. The highest BCUT2D eigenvalue weighted by molar-refractivity contribution is 5.51. The lowest BCUT2D eigenvalue weighted by Gasteiger charge is -2.34. The van der Waals surface area contributed by atoms with Crippen LogP contribution in [0.4, 0.5) is 5.69 Å². The van der Waals surface area contributed by atoms with Crippen LogP contribution in [0, 0.1) is 5.41 Å². The number of hydrogen-bond donors (Lipinski definition) is 1. The largest absolute Gasteiger partial charge is 0.494 e. The van der Waals surface area contributed by atoms with Crippen molar-refractivity contribution in [2.45, 2.75) is 40.2 Å². The van der Waals surface area contributed by atoms with Crippen molar-refractivity contribution in [2.75, 3.05) is 31.1 Å². The molecule has 1 aromatic rings. The minimum atomic E-state index is 0.278. The Morgan fingerprint density at radius 1 is 1.35 bits per heavy atom. The number of rotatable bonds is 3. The topological polar surface area (TPSA) is 24.5 Å². The van der Waals surface area contributed by atoms with E-state index in [9.17, 15) is 0 Å². The van der Waals surface area contributed by atoms with E-state index in [2.05, 4.69) is 49.2 Å². The van der Waals surface area contributed by atoms with Gasteiger partial charge in [-0.2, -0.15) is 0 Å². The molecule has 112 valence electrons. The molecule has 1 aromatic carbocycles. The lowest BCUT2D eigenvalue weighted by atomic mass is 9.86. The number of anilines is 1. The second-order valence-corrected chi connectivity index (χ2v) is 6.60. The Balaban J connectivity index is 2.15. The Kier molecular flexibility index (Phi) is 4.92. The van der Waals surface area contributed by atoms with Crippen LogP contribution >= 0.6 is 0 Å². The fourth-order valence-electron chi connectivity index (χ4n) is 2.67. The summed E-state index contributed by atoms with van der Waals surface area (Å²) in [7, 11) is 0. The molecule has 3 nitrogen and oxygen atoms in total. The Hall–Kier alpha value is -1.22. The fraction of sp³-hybridized carbons (Fsp3) is 0.647. The number of nitrogens with zero attached hydrogens (tertiary/aromatic N) is 1. The van der Waals surface area contributed by atoms with Gasteiger partial charge in [-0.25, -0.2) is 0 Å². The summed E-state index contributed by atoms with van der Waals surface area (Å²) in [5.41, 5.74) is 1.55. The van der Waals surface area contributed by atoms with Crippen LogP contribution in [-0.2, 0) is 0 Å². The molecule has 0 bridgehead atoms. The molecule has 0 aromatic heterocycles. The van der Waals surface area contributed by atoms with Gasteiger partial charge in [0, 0.05) is 30.9 Å². The Morgan fingerprint density at radius 2 is 2.15 bits per heavy atom. The molecule has 1 aliphatic rings. The maximum Gasteiger partial charge on any atom is 0.121 e. The average molecular weight is 276 g/mol. The fourth-order valence-corrected chi connectivity index (χ4v) is 2.67. The molecule has 1 saturated heterocycles. The summed E-state index contributed by atoms with van der Waals surface area (Å²) in [5, 5.41) is 3.69. The first kappa shape index (κ1) is 15.2. The zero-order valence-electron chi connectivity index (χ0n) is 13.3. The van der Waals surface area contributed by atoms with E-state index in [-0.39, 0.29) is 5.41 Å². The van der Waals surface area contributed by atoms with Gasteiger partial charge in [-0.1, -0.05) is 26.8 Å². The minimum Gasteiger partial charge on any atom is -0.494 e. The molecule has 1 unspecified atom stereocenters. The summed E-state index contributed by atoms with van der Waals surface area (Å²) in [6.07, 6.45) is 1.19. The zero-order chi connectivity index (χ0) is 14.6. The van der Waals surface area contributed by atoms with Crippen molar-refractivity contribution >= 4 is 5.69 Å². The van der Waals surface area contributed by atoms with Gasteiger partial charge in [0.2, 0.25) is 0 Å². The molecule has 1 aliphatic heterocycles. The SMILES string of the molecule is CCOc1cccc(N2CCCNC(C(C)(C)C)C2)c1. The van der Waals surface area contributed by atoms with E-state index in [0.717, 1.165) is 32.0 Å². The van der Waals surface area contributed by atoms with Gasteiger partial charge in [0.25, 0.3) is 0 Å². The third kappa shape index (κ3) is 3.89. The van der Waals surface area contributed by atoms with Crippen LogP contribution in [-0.4, -0.2) is 32.3 Å². The summed E-state index contributed by atoms with van der Waals surface area (Å²) in [6.45, 7) is 12.9. The average Bonchev–Trinajstić information content (AvgIpc) is 2.65. The second-order valence-electron chi connectivity index (χ2n) is 6.60. The molecule has 0 amide bonds. The molecule has 20 heavy (non-hydrogen) atoms. The Morgan fingerprint density at radius 3 is 2.85 bits per heavy atom. The van der Waals surface area contributed by atoms with Crippen LogP contribution in [0.1, 0.15) is 34.1 Å². The van der Waals surface area contributed by atoms with Crippen LogP contribution in [0.3, 0.4) is 0 Å². The predicted octanol–water partition coefficient (Wildman–Crippen LogP) is 3.30. The molecule has 0 spiro atoms. The van der Waals surface area contributed by atoms with Gasteiger partial charge in [0.05, 0.1) is 6.61 Å². The highest BCUT2D eigenvalue weighted by Gasteiger charge is 2.28. The van der Waals surface area contributed by atoms with Gasteiger partial charge < -0.3 is 15.0 Å². The van der Waals surface area contributed by atoms with E-state index in [1.54, 1.807) is 0 Å². The van der Waals surface area contributed by atoms with Crippen molar-refractivity contribution in [2.24, 2.45) is 5.41 Å². The molecular formula is C17H28N2O. The molecule has 1 fully saturated rings. The Bertz CT molecular complexity index is 425. The van der Waals surface area contributed by atoms with Crippen molar-refractivity contribution in [3.63, 3.8) is 0 Å². The highest BCUT2D eigenvalue weighted by atomic mass is 16.5. The predicted molar refractivity (Wildman–Crippen MR) is 85.7 cm³/mol. The van der Waals surface area contributed by atoms with Crippen LogP contribution in [0.15, 0.2) is 24.3 Å². The van der Waals surface area contributed by atoms with Crippen molar-refractivity contribution < 1.29 is 4.74 Å². The van der Waals surface area contributed by atoms with Gasteiger partial charge in [0.15, 0.2) is 0 Å². The van der Waals surface area contributed by atoms with Crippen molar-refractivity contribution in [1.29, 1.82) is 0 Å². The molecule has 1 N–H and O–H groups in total. The lowest BCUT2D eigenvalue weighted by Crippen LogP contribution is -2.46. The molecule has 0 saturated carbocycles. The van der Waals surface area contributed by atoms with Crippen molar-refractivity contribution in [3.8, 4) is 5.75 Å². The van der Waals surface area contributed by atoms with Crippen LogP contribution in [0.5, 0.6) is 5.75 Å². The number of hydrogen-bond acceptors (Lipinski definition) is 3. The van der Waals surface area contributed by atoms with E-state index in [1.165, 1.54) is 12.1 Å². The highest BCUT2D eigenvalue weighted by Crippen LogP contribution is 2.26. The third-order valence-electron chi connectivity index (χ3n) is 3.94. The van der Waals surface area contributed by atoms with E-state index in [4.69, 9.17) is 4.74 Å². The molecule has 0 radical (unpaired) electrons. The maximum atomic E-state index is 5.62. The monoisotopic (exact) mass is 276 g/mol. The van der Waals surface area contributed by atoms with E-state index >= 15 is 0 Å². The Labute approximate surface area is 123 Å². The van der Waals surface area contributed by atoms with Gasteiger partial charge in [-0.3, -0.25) is 0 Å². The smallest absolute Gasteiger partial charge is 0.121 e. The van der Waals surface area contributed by atoms with Gasteiger partial charge >= 0.3 is 0 Å². The van der Waals surface area contributed by atoms with Crippen LogP contribution in [0.25, 0.3) is 0 Å². The zero-order valence-corrected chi connectivity index (χ0v) is 13.3. The standard InChI is InChI=1S/C17H28N2O/c1-5-20-15-9-6-8-14(12-15)19-11-7-10-18-16(13-19)17(2,3)4/h6,8-9,12,16,18H,5,7,10-11,13H2,1-4H3. The first-order chi connectivity index (χ1) is 9.50. The van der Waals surface area contributed by atoms with Gasteiger partial charge in [-0.15, -0.1) is 0 Å². The normalized spacial score (nSPS) is 20.6.